The van der Waals surface area contributed by atoms with Crippen LogP contribution in [0.25, 0.3) is 0 Å². The maximum absolute atomic E-state index is 12.3. The molecule has 5 heteroatoms. The van der Waals surface area contributed by atoms with Gasteiger partial charge in [-0.3, -0.25) is 0 Å². The van der Waals surface area contributed by atoms with Gasteiger partial charge in [0.15, 0.2) is 0 Å². The van der Waals surface area contributed by atoms with E-state index in [1.165, 1.54) is 6.33 Å². The Morgan fingerprint density at radius 3 is 3.00 bits per heavy atom. The van der Waals surface area contributed by atoms with E-state index in [4.69, 9.17) is 5.26 Å². The van der Waals surface area contributed by atoms with Crippen LogP contribution in [0.15, 0.2) is 12.4 Å². The Morgan fingerprint density at radius 2 is 2.36 bits per heavy atom. The minimum atomic E-state index is -0.596. The maximum Gasteiger partial charge on any atom is 0.132 e. The molecule has 0 saturated heterocycles. The first-order valence-corrected chi connectivity index (χ1v) is 4.23. The monoisotopic (exact) mass is 194 g/mol. The summed E-state index contributed by atoms with van der Waals surface area (Å²) in [5.74, 6) is 0.642. The fourth-order valence-corrected chi connectivity index (χ4v) is 1.000. The van der Waals surface area contributed by atoms with Crippen molar-refractivity contribution in [2.24, 2.45) is 0 Å². The van der Waals surface area contributed by atoms with Crippen LogP contribution in [0.1, 0.15) is 12.1 Å². The topological polar surface area (TPSA) is 52.8 Å². The molecule has 0 aliphatic heterocycles. The maximum atomic E-state index is 12.3. The van der Waals surface area contributed by atoms with Crippen molar-refractivity contribution in [3.63, 3.8) is 0 Å². The number of nitriles is 1. The van der Waals surface area contributed by atoms with Gasteiger partial charge >= 0.3 is 0 Å². The molecule has 0 atom stereocenters. The average molecular weight is 194 g/mol. The molecule has 74 valence electrons. The highest BCUT2D eigenvalue weighted by Crippen LogP contribution is 2.09. The summed E-state index contributed by atoms with van der Waals surface area (Å²) >= 11 is 0. The normalized spacial score (nSPS) is 9.50. The van der Waals surface area contributed by atoms with Crippen molar-refractivity contribution < 1.29 is 4.39 Å². The second-order valence-electron chi connectivity index (χ2n) is 2.83. The van der Waals surface area contributed by atoms with Gasteiger partial charge in [0.25, 0.3) is 0 Å². The van der Waals surface area contributed by atoms with Crippen molar-refractivity contribution in [3.8, 4) is 6.07 Å². The van der Waals surface area contributed by atoms with Gasteiger partial charge in [0.2, 0.25) is 0 Å². The third kappa shape index (κ3) is 2.66. The van der Waals surface area contributed by atoms with Crippen LogP contribution in [-0.2, 0) is 6.67 Å². The molecule has 14 heavy (non-hydrogen) atoms. The van der Waals surface area contributed by atoms with Gasteiger partial charge in [0, 0.05) is 19.7 Å². The molecule has 1 heterocycles. The number of halogens is 1. The molecular formula is C9H11FN4. The van der Waals surface area contributed by atoms with Crippen molar-refractivity contribution in [3.05, 3.63) is 18.1 Å². The Balaban J connectivity index is 2.70. The molecule has 0 aliphatic rings. The highest BCUT2D eigenvalue weighted by molar-refractivity contribution is 5.37. The first kappa shape index (κ1) is 10.4. The first-order valence-electron chi connectivity index (χ1n) is 4.23. The number of alkyl halides is 1. The van der Waals surface area contributed by atoms with Gasteiger partial charge in [-0.25, -0.2) is 14.4 Å². The van der Waals surface area contributed by atoms with E-state index in [1.807, 2.05) is 13.1 Å². The number of aromatic nitrogens is 2. The van der Waals surface area contributed by atoms with E-state index in [9.17, 15) is 4.39 Å². The van der Waals surface area contributed by atoms with Crippen molar-refractivity contribution in [2.75, 3.05) is 18.5 Å². The molecule has 0 amide bonds. The molecule has 0 N–H and O–H groups in total. The highest BCUT2D eigenvalue weighted by atomic mass is 19.1. The van der Waals surface area contributed by atoms with Gasteiger partial charge in [0.05, 0.1) is 18.2 Å². The van der Waals surface area contributed by atoms with Crippen molar-refractivity contribution >= 4 is 5.82 Å². The summed E-state index contributed by atoms with van der Waals surface area (Å²) < 4.78 is 12.3. The highest BCUT2D eigenvalue weighted by Gasteiger charge is 2.03. The minimum Gasteiger partial charge on any atom is -0.359 e. The number of rotatable bonds is 4. The second-order valence-corrected chi connectivity index (χ2v) is 2.83. The summed E-state index contributed by atoms with van der Waals surface area (Å²) in [6, 6.07) is 3.62. The van der Waals surface area contributed by atoms with E-state index < -0.39 is 6.67 Å². The van der Waals surface area contributed by atoms with Crippen LogP contribution in [0, 0.1) is 11.3 Å². The number of anilines is 1. The summed E-state index contributed by atoms with van der Waals surface area (Å²) in [5, 5.41) is 8.39. The fraction of sp³-hybridized carbons (Fsp3) is 0.444. The lowest BCUT2D eigenvalue weighted by Crippen LogP contribution is -2.19. The van der Waals surface area contributed by atoms with E-state index in [1.54, 1.807) is 11.0 Å². The number of hydrogen-bond donors (Lipinski definition) is 0. The molecule has 1 aromatic heterocycles. The van der Waals surface area contributed by atoms with Crippen molar-refractivity contribution in [2.45, 2.75) is 13.1 Å². The minimum absolute atomic E-state index is 0.360. The largest absolute Gasteiger partial charge is 0.359 e. The molecule has 4 nitrogen and oxygen atoms in total. The van der Waals surface area contributed by atoms with Gasteiger partial charge in [-0.1, -0.05) is 0 Å². The smallest absolute Gasteiger partial charge is 0.132 e. The van der Waals surface area contributed by atoms with E-state index in [-0.39, 0.29) is 0 Å². The SMILES string of the molecule is CN(CCC#N)c1cc(CF)ncn1. The summed E-state index contributed by atoms with van der Waals surface area (Å²) in [4.78, 5) is 9.52. The van der Waals surface area contributed by atoms with Crippen LogP contribution in [0.5, 0.6) is 0 Å². The van der Waals surface area contributed by atoms with Crippen molar-refractivity contribution in [1.82, 2.24) is 9.97 Å². The summed E-state index contributed by atoms with van der Waals surface area (Å²) in [6.45, 7) is -0.0130. The standard InChI is InChI=1S/C9H11FN4/c1-14(4-2-3-11)9-5-8(6-10)12-7-13-9/h5,7H,2,4,6H2,1H3. The zero-order valence-corrected chi connectivity index (χ0v) is 7.94. The van der Waals surface area contributed by atoms with Crippen LogP contribution in [0.4, 0.5) is 10.2 Å². The Morgan fingerprint density at radius 1 is 1.57 bits per heavy atom. The van der Waals surface area contributed by atoms with Crippen LogP contribution in [0.2, 0.25) is 0 Å². The number of nitrogens with zero attached hydrogens (tertiary/aromatic N) is 4. The van der Waals surface area contributed by atoms with Crippen molar-refractivity contribution in [1.29, 1.82) is 5.26 Å². The zero-order valence-electron chi connectivity index (χ0n) is 7.94. The quantitative estimate of drug-likeness (QED) is 0.724. The molecule has 0 radical (unpaired) electrons. The lowest BCUT2D eigenvalue weighted by molar-refractivity contribution is 0.475. The van der Waals surface area contributed by atoms with Gasteiger partial charge in [-0.05, 0) is 0 Å². The van der Waals surface area contributed by atoms with E-state index in [0.29, 0.717) is 24.5 Å². The zero-order chi connectivity index (χ0) is 10.4. The fourth-order valence-electron chi connectivity index (χ4n) is 1.000. The Bertz CT molecular complexity index is 334. The third-order valence-electron chi connectivity index (χ3n) is 1.80. The Labute approximate surface area is 82.0 Å². The predicted molar refractivity (Wildman–Crippen MR) is 50.3 cm³/mol. The lowest BCUT2D eigenvalue weighted by Gasteiger charge is -2.15. The van der Waals surface area contributed by atoms with E-state index in [0.717, 1.165) is 0 Å². The first-order chi connectivity index (χ1) is 6.77. The predicted octanol–water partition coefficient (Wildman–Crippen LogP) is 1.30. The van der Waals surface area contributed by atoms with Gasteiger partial charge in [-0.2, -0.15) is 5.26 Å². The number of hydrogen-bond acceptors (Lipinski definition) is 4. The molecule has 0 spiro atoms. The van der Waals surface area contributed by atoms with Gasteiger partial charge < -0.3 is 4.90 Å². The van der Waals surface area contributed by atoms with E-state index in [2.05, 4.69) is 9.97 Å². The summed E-state index contributed by atoms with van der Waals surface area (Å²) in [6.07, 6.45) is 1.75. The molecule has 0 aromatic carbocycles. The van der Waals surface area contributed by atoms with Crippen LogP contribution >= 0.6 is 0 Å². The molecule has 0 fully saturated rings. The third-order valence-corrected chi connectivity index (χ3v) is 1.80. The average Bonchev–Trinajstić information content (AvgIpc) is 2.26. The van der Waals surface area contributed by atoms with Crippen LogP contribution in [-0.4, -0.2) is 23.6 Å². The van der Waals surface area contributed by atoms with Crippen LogP contribution < -0.4 is 4.90 Å². The van der Waals surface area contributed by atoms with E-state index >= 15 is 0 Å². The molecule has 0 bridgehead atoms. The molecule has 0 aliphatic carbocycles. The molecule has 1 aromatic rings. The Hall–Kier alpha value is -1.70. The summed E-state index contributed by atoms with van der Waals surface area (Å²) in [5.41, 5.74) is 0.360. The molecule has 1 rings (SSSR count). The molecule has 0 unspecified atom stereocenters. The second kappa shape index (κ2) is 5.12. The van der Waals surface area contributed by atoms with Crippen LogP contribution in [0.3, 0.4) is 0 Å². The van der Waals surface area contributed by atoms with Gasteiger partial charge in [0.1, 0.15) is 18.8 Å². The lowest BCUT2D eigenvalue weighted by atomic mass is 10.3. The molecular weight excluding hydrogens is 183 g/mol. The van der Waals surface area contributed by atoms with Gasteiger partial charge in [-0.15, -0.1) is 0 Å². The molecule has 0 saturated carbocycles. The summed E-state index contributed by atoms with van der Waals surface area (Å²) in [7, 11) is 1.81. The Kier molecular flexibility index (Phi) is 3.80.